The van der Waals surface area contributed by atoms with Crippen LogP contribution in [0.2, 0.25) is 0 Å². The largest absolute Gasteiger partial charge is 0.478 e. The fourth-order valence-electron chi connectivity index (χ4n) is 2.23. The summed E-state index contributed by atoms with van der Waals surface area (Å²) in [6.45, 7) is 5.01. The number of carbonyl (C=O) groups excluding carboxylic acids is 2. The SMILES string of the molecule is CC#N.Cc1ccc(C(=O)O[C@@H](C(=O)O)[C@@H](OC(=O)c2ccc(C)cc2)C(=O)O)cc1. The molecule has 0 aliphatic rings. The van der Waals surface area contributed by atoms with Gasteiger partial charge in [0.05, 0.1) is 17.2 Å². The van der Waals surface area contributed by atoms with Gasteiger partial charge in [0.1, 0.15) is 0 Å². The number of aliphatic carboxylic acids is 2. The lowest BCUT2D eigenvalue weighted by Crippen LogP contribution is -2.45. The van der Waals surface area contributed by atoms with Crippen molar-refractivity contribution in [3.63, 3.8) is 0 Å². The lowest BCUT2D eigenvalue weighted by molar-refractivity contribution is -0.166. The summed E-state index contributed by atoms with van der Waals surface area (Å²) >= 11 is 0. The van der Waals surface area contributed by atoms with E-state index in [4.69, 9.17) is 14.7 Å². The van der Waals surface area contributed by atoms with Crippen molar-refractivity contribution < 1.29 is 38.9 Å². The zero-order valence-electron chi connectivity index (χ0n) is 17.1. The van der Waals surface area contributed by atoms with Gasteiger partial charge in [-0.2, -0.15) is 5.26 Å². The van der Waals surface area contributed by atoms with E-state index >= 15 is 0 Å². The van der Waals surface area contributed by atoms with Crippen LogP contribution in [0, 0.1) is 25.2 Å². The van der Waals surface area contributed by atoms with Crippen molar-refractivity contribution in [1.82, 2.24) is 0 Å². The zero-order chi connectivity index (χ0) is 23.6. The summed E-state index contributed by atoms with van der Waals surface area (Å²) < 4.78 is 9.64. The predicted molar refractivity (Wildman–Crippen MR) is 107 cm³/mol. The van der Waals surface area contributed by atoms with Crippen LogP contribution in [0.5, 0.6) is 0 Å². The van der Waals surface area contributed by atoms with Gasteiger partial charge in [0, 0.05) is 6.92 Å². The highest BCUT2D eigenvalue weighted by Crippen LogP contribution is 2.14. The van der Waals surface area contributed by atoms with Gasteiger partial charge >= 0.3 is 23.9 Å². The second-order valence-electron chi connectivity index (χ2n) is 6.28. The maximum absolute atomic E-state index is 12.2. The molecule has 2 N–H and O–H groups in total. The number of nitrogens with zero attached hydrogens (tertiary/aromatic N) is 1. The smallest absolute Gasteiger partial charge is 0.349 e. The third-order valence-electron chi connectivity index (χ3n) is 3.80. The molecule has 31 heavy (non-hydrogen) atoms. The molecule has 0 aliphatic heterocycles. The number of nitriles is 1. The van der Waals surface area contributed by atoms with Crippen molar-refractivity contribution in [3.05, 3.63) is 70.8 Å². The number of esters is 2. The number of ether oxygens (including phenoxy) is 2. The molecule has 0 aromatic heterocycles. The number of carboxylic acids is 2. The average molecular weight is 427 g/mol. The molecule has 2 aromatic rings. The molecule has 0 radical (unpaired) electrons. The molecule has 0 heterocycles. The van der Waals surface area contributed by atoms with Crippen LogP contribution >= 0.6 is 0 Å². The molecule has 9 nitrogen and oxygen atoms in total. The average Bonchev–Trinajstić information content (AvgIpc) is 2.71. The van der Waals surface area contributed by atoms with E-state index < -0.39 is 36.1 Å². The Hall–Kier alpha value is -4.19. The third-order valence-corrected chi connectivity index (χ3v) is 3.80. The Morgan fingerprint density at radius 1 is 0.742 bits per heavy atom. The minimum absolute atomic E-state index is 0.0332. The molecule has 9 heteroatoms. The van der Waals surface area contributed by atoms with E-state index in [9.17, 15) is 29.4 Å². The molecule has 0 amide bonds. The number of carboxylic acid groups (broad SMARTS) is 2. The van der Waals surface area contributed by atoms with Crippen molar-refractivity contribution in [1.29, 1.82) is 5.26 Å². The van der Waals surface area contributed by atoms with E-state index in [2.05, 4.69) is 0 Å². The Labute approximate surface area is 178 Å². The van der Waals surface area contributed by atoms with Crippen LogP contribution in [-0.2, 0) is 19.1 Å². The van der Waals surface area contributed by atoms with Gasteiger partial charge in [0.2, 0.25) is 12.2 Å². The monoisotopic (exact) mass is 427 g/mol. The van der Waals surface area contributed by atoms with Crippen LogP contribution in [0.25, 0.3) is 0 Å². The molecule has 162 valence electrons. The highest BCUT2D eigenvalue weighted by atomic mass is 16.6. The number of rotatable bonds is 7. The number of hydrogen-bond acceptors (Lipinski definition) is 7. The molecule has 0 unspecified atom stereocenters. The van der Waals surface area contributed by atoms with Crippen LogP contribution in [-0.4, -0.2) is 46.3 Å². The number of hydrogen-bond donors (Lipinski definition) is 2. The first-order valence-corrected chi connectivity index (χ1v) is 8.92. The predicted octanol–water partition coefficient (Wildman–Crippen LogP) is 2.75. The summed E-state index contributed by atoms with van der Waals surface area (Å²) in [5.41, 5.74) is 1.79. The van der Waals surface area contributed by atoms with E-state index in [0.29, 0.717) is 0 Å². The van der Waals surface area contributed by atoms with Gasteiger partial charge in [0.25, 0.3) is 0 Å². The van der Waals surface area contributed by atoms with Crippen LogP contribution in [0.15, 0.2) is 48.5 Å². The van der Waals surface area contributed by atoms with Gasteiger partial charge in [0.15, 0.2) is 0 Å². The van der Waals surface area contributed by atoms with Gasteiger partial charge in [-0.3, -0.25) is 0 Å². The minimum Gasteiger partial charge on any atom is -0.478 e. The van der Waals surface area contributed by atoms with E-state index in [-0.39, 0.29) is 11.1 Å². The first-order valence-electron chi connectivity index (χ1n) is 8.92. The molecule has 0 saturated heterocycles. The topological polar surface area (TPSA) is 151 Å². The fourth-order valence-corrected chi connectivity index (χ4v) is 2.23. The molecular weight excluding hydrogens is 406 g/mol. The molecule has 2 atom stereocenters. The first-order chi connectivity index (χ1) is 14.6. The van der Waals surface area contributed by atoms with Gasteiger partial charge in [-0.15, -0.1) is 0 Å². The van der Waals surface area contributed by atoms with Gasteiger partial charge < -0.3 is 19.7 Å². The van der Waals surface area contributed by atoms with Crippen LogP contribution < -0.4 is 0 Å². The van der Waals surface area contributed by atoms with Crippen molar-refractivity contribution in [3.8, 4) is 6.07 Å². The highest BCUT2D eigenvalue weighted by molar-refractivity contribution is 5.95. The van der Waals surface area contributed by atoms with Crippen LogP contribution in [0.1, 0.15) is 38.8 Å². The molecule has 2 rings (SSSR count). The minimum atomic E-state index is -2.22. The summed E-state index contributed by atoms with van der Waals surface area (Å²) in [7, 11) is 0. The van der Waals surface area contributed by atoms with Crippen molar-refractivity contribution in [2.75, 3.05) is 0 Å². The lowest BCUT2D eigenvalue weighted by atomic mass is 10.1. The Balaban J connectivity index is 0.00000151. The third kappa shape index (κ3) is 7.62. The molecule has 0 fully saturated rings. The van der Waals surface area contributed by atoms with E-state index in [1.54, 1.807) is 44.2 Å². The summed E-state index contributed by atoms with van der Waals surface area (Å²) in [5.74, 6) is -5.62. The quantitative estimate of drug-likeness (QED) is 0.635. The second-order valence-corrected chi connectivity index (χ2v) is 6.28. The summed E-state index contributed by atoms with van der Waals surface area (Å²) in [4.78, 5) is 47.3. The maximum atomic E-state index is 12.2. The molecule has 0 aliphatic carbocycles. The molecule has 0 saturated carbocycles. The number of benzene rings is 2. The zero-order valence-corrected chi connectivity index (χ0v) is 17.1. The Kier molecular flexibility index (Phi) is 9.40. The standard InChI is InChI=1S/C20H18O8.C2H3N/c1-11-3-7-13(8-4-11)19(25)27-15(17(21)22)16(18(23)24)28-20(26)14-9-5-12(2)6-10-14;1-2-3/h3-10,15-16H,1-2H3,(H,21,22)(H,23,24);1H3/t15-,16-;/m1./s1. The van der Waals surface area contributed by atoms with Gasteiger partial charge in [-0.1, -0.05) is 35.4 Å². The van der Waals surface area contributed by atoms with Crippen molar-refractivity contribution in [2.24, 2.45) is 0 Å². The fraction of sp³-hybridized carbons (Fsp3) is 0.227. The van der Waals surface area contributed by atoms with E-state index in [1.807, 2.05) is 0 Å². The number of aryl methyl sites for hydroxylation is 2. The van der Waals surface area contributed by atoms with E-state index in [1.165, 1.54) is 31.2 Å². The molecular formula is C22H21NO8. The Morgan fingerprint density at radius 3 is 1.23 bits per heavy atom. The van der Waals surface area contributed by atoms with Gasteiger partial charge in [-0.05, 0) is 38.1 Å². The normalized spacial score (nSPS) is 11.5. The maximum Gasteiger partial charge on any atom is 0.349 e. The Bertz CT molecular complexity index is 899. The Morgan fingerprint density at radius 2 is 1.00 bits per heavy atom. The first kappa shape index (κ1) is 24.8. The number of carbonyl (C=O) groups is 4. The van der Waals surface area contributed by atoms with Crippen molar-refractivity contribution >= 4 is 23.9 Å². The van der Waals surface area contributed by atoms with Gasteiger partial charge in [-0.25, -0.2) is 19.2 Å². The summed E-state index contributed by atoms with van der Waals surface area (Å²) in [5, 5.41) is 26.0. The summed E-state index contributed by atoms with van der Waals surface area (Å²) in [6.07, 6.45) is -4.44. The highest BCUT2D eigenvalue weighted by Gasteiger charge is 2.41. The second kappa shape index (κ2) is 11.7. The van der Waals surface area contributed by atoms with Crippen molar-refractivity contribution in [2.45, 2.75) is 33.0 Å². The lowest BCUT2D eigenvalue weighted by Gasteiger charge is -2.21. The van der Waals surface area contributed by atoms with Crippen LogP contribution in [0.3, 0.4) is 0 Å². The van der Waals surface area contributed by atoms with E-state index in [0.717, 1.165) is 11.1 Å². The molecule has 0 spiro atoms. The summed E-state index contributed by atoms with van der Waals surface area (Å²) in [6, 6.07) is 13.8. The molecule has 0 bridgehead atoms. The van der Waals surface area contributed by atoms with Crippen LogP contribution in [0.4, 0.5) is 0 Å². The molecule has 2 aromatic carbocycles.